The number of halogens is 3. The summed E-state index contributed by atoms with van der Waals surface area (Å²) in [5, 5.41) is 0. The zero-order valence-corrected chi connectivity index (χ0v) is 12.2. The predicted octanol–water partition coefficient (Wildman–Crippen LogP) is 3.49. The van der Waals surface area contributed by atoms with E-state index in [-0.39, 0.29) is 5.88 Å². The van der Waals surface area contributed by atoms with E-state index in [1.807, 2.05) is 6.92 Å². The molecular weight excluding hydrogens is 334 g/mol. The van der Waals surface area contributed by atoms with Gasteiger partial charge in [-0.2, -0.15) is 4.39 Å². The van der Waals surface area contributed by atoms with Crippen molar-refractivity contribution >= 4 is 15.9 Å². The third kappa shape index (κ3) is 3.04. The fourth-order valence-corrected chi connectivity index (χ4v) is 2.03. The van der Waals surface area contributed by atoms with Crippen molar-refractivity contribution in [3.05, 3.63) is 51.0 Å². The van der Waals surface area contributed by atoms with Crippen LogP contribution in [0.15, 0.2) is 33.8 Å². The Hall–Kier alpha value is -1.76. The zero-order chi connectivity index (χ0) is 14.7. The first kappa shape index (κ1) is 14.6. The lowest BCUT2D eigenvalue weighted by molar-refractivity contribution is 0.395. The van der Waals surface area contributed by atoms with Crippen LogP contribution in [0.25, 0.3) is 0 Å². The van der Waals surface area contributed by atoms with Crippen molar-refractivity contribution in [3.8, 4) is 11.6 Å². The van der Waals surface area contributed by atoms with Crippen molar-refractivity contribution in [2.45, 2.75) is 19.9 Å². The largest absolute Gasteiger partial charge is 0.431 e. The Labute approximate surface area is 122 Å². The van der Waals surface area contributed by atoms with E-state index < -0.39 is 22.9 Å². The van der Waals surface area contributed by atoms with Gasteiger partial charge in [0.15, 0.2) is 11.6 Å². The van der Waals surface area contributed by atoms with Crippen LogP contribution in [0.4, 0.5) is 8.78 Å². The highest BCUT2D eigenvalue weighted by Gasteiger charge is 2.15. The van der Waals surface area contributed by atoms with E-state index in [4.69, 9.17) is 4.74 Å². The van der Waals surface area contributed by atoms with Gasteiger partial charge in [-0.15, -0.1) is 0 Å². The molecule has 0 saturated heterocycles. The van der Waals surface area contributed by atoms with E-state index in [1.165, 1.54) is 23.0 Å². The second kappa shape index (κ2) is 6.13. The minimum atomic E-state index is -1.17. The summed E-state index contributed by atoms with van der Waals surface area (Å²) in [7, 11) is 0. The van der Waals surface area contributed by atoms with Gasteiger partial charge >= 0.3 is 5.56 Å². The third-order valence-electron chi connectivity index (χ3n) is 2.51. The molecule has 2 aromatic rings. The van der Waals surface area contributed by atoms with Crippen molar-refractivity contribution in [3.63, 3.8) is 0 Å². The summed E-state index contributed by atoms with van der Waals surface area (Å²) in [6.07, 6.45) is 3.64. The molecule has 1 heterocycles. The van der Waals surface area contributed by atoms with Gasteiger partial charge < -0.3 is 9.30 Å². The van der Waals surface area contributed by atoms with E-state index >= 15 is 0 Å². The number of hydrogen-bond acceptors (Lipinski definition) is 3. The molecule has 1 aromatic carbocycles. The number of rotatable bonds is 4. The number of aryl methyl sites for hydroxylation is 1. The molecule has 0 radical (unpaired) electrons. The lowest BCUT2D eigenvalue weighted by atomic mass is 10.3. The molecule has 4 nitrogen and oxygen atoms in total. The van der Waals surface area contributed by atoms with Gasteiger partial charge in [-0.3, -0.25) is 4.79 Å². The Morgan fingerprint density at radius 3 is 2.85 bits per heavy atom. The Bertz CT molecular complexity index is 689. The minimum Gasteiger partial charge on any atom is -0.431 e. The van der Waals surface area contributed by atoms with Crippen LogP contribution < -0.4 is 10.3 Å². The maximum Gasteiger partial charge on any atom is 0.313 e. The number of ether oxygens (including phenoxy) is 1. The average Bonchev–Trinajstić information content (AvgIpc) is 2.40. The molecule has 0 amide bonds. The van der Waals surface area contributed by atoms with Crippen LogP contribution in [0.5, 0.6) is 11.6 Å². The molecule has 0 saturated carbocycles. The topological polar surface area (TPSA) is 44.1 Å². The highest BCUT2D eigenvalue weighted by atomic mass is 79.9. The number of hydrogen-bond donors (Lipinski definition) is 0. The summed E-state index contributed by atoms with van der Waals surface area (Å²) in [6, 6.07) is 2.20. The van der Waals surface area contributed by atoms with Crippen molar-refractivity contribution < 1.29 is 13.5 Å². The van der Waals surface area contributed by atoms with Gasteiger partial charge in [-0.1, -0.05) is 22.9 Å². The van der Waals surface area contributed by atoms with Crippen molar-refractivity contribution in [2.75, 3.05) is 0 Å². The molecular formula is C13H11BrF2N2O2. The molecule has 0 aliphatic carbocycles. The van der Waals surface area contributed by atoms with Crippen LogP contribution in [-0.4, -0.2) is 9.55 Å². The number of benzene rings is 1. The van der Waals surface area contributed by atoms with Gasteiger partial charge in [-0.05, 0) is 18.6 Å². The second-order valence-corrected chi connectivity index (χ2v) is 4.95. The number of aromatic nitrogens is 2. The lowest BCUT2D eigenvalue weighted by Gasteiger charge is -2.08. The van der Waals surface area contributed by atoms with Crippen molar-refractivity contribution in [2.24, 2.45) is 0 Å². The molecule has 0 atom stereocenters. The molecule has 0 unspecified atom stereocenters. The fourth-order valence-electron chi connectivity index (χ4n) is 1.63. The molecule has 0 bridgehead atoms. The van der Waals surface area contributed by atoms with Gasteiger partial charge in [0.1, 0.15) is 0 Å². The maximum atomic E-state index is 13.6. The van der Waals surface area contributed by atoms with E-state index in [9.17, 15) is 13.6 Å². The average molecular weight is 345 g/mol. The summed E-state index contributed by atoms with van der Waals surface area (Å²) in [6.45, 7) is 2.41. The Morgan fingerprint density at radius 2 is 2.15 bits per heavy atom. The molecule has 0 aliphatic heterocycles. The van der Waals surface area contributed by atoms with E-state index in [0.29, 0.717) is 11.0 Å². The summed E-state index contributed by atoms with van der Waals surface area (Å²) in [5.74, 6) is -2.92. The third-order valence-corrected chi connectivity index (χ3v) is 2.97. The van der Waals surface area contributed by atoms with Crippen LogP contribution in [0.3, 0.4) is 0 Å². The van der Waals surface area contributed by atoms with Crippen molar-refractivity contribution in [1.29, 1.82) is 0 Å². The van der Waals surface area contributed by atoms with Crippen LogP contribution >= 0.6 is 15.9 Å². The normalized spacial score (nSPS) is 10.6. The first-order chi connectivity index (χ1) is 9.52. The monoisotopic (exact) mass is 344 g/mol. The van der Waals surface area contributed by atoms with E-state index in [2.05, 4.69) is 20.9 Å². The summed E-state index contributed by atoms with van der Waals surface area (Å²) >= 11 is 3.03. The summed E-state index contributed by atoms with van der Waals surface area (Å²) in [5.41, 5.74) is -0.492. The molecule has 0 fully saturated rings. The first-order valence-electron chi connectivity index (χ1n) is 5.90. The van der Waals surface area contributed by atoms with Gasteiger partial charge in [0.25, 0.3) is 5.88 Å². The second-order valence-electron chi connectivity index (χ2n) is 4.03. The van der Waals surface area contributed by atoms with Gasteiger partial charge in [-0.25, -0.2) is 9.37 Å². The molecule has 0 aliphatic rings. The lowest BCUT2D eigenvalue weighted by Crippen LogP contribution is -2.21. The van der Waals surface area contributed by atoms with Crippen LogP contribution in [0, 0.1) is 11.6 Å². The molecule has 20 heavy (non-hydrogen) atoms. The standard InChI is InChI=1S/C13H11BrF2N2O2/c1-2-4-18-5-3-17-12(13(18)19)20-10-7-8(14)6-9(15)11(10)16/h3,5-7H,2,4H2,1H3. The SMILES string of the molecule is CCCn1ccnc(Oc2cc(Br)cc(F)c2F)c1=O. The van der Waals surface area contributed by atoms with Crippen LogP contribution in [0.2, 0.25) is 0 Å². The molecule has 1 aromatic heterocycles. The fraction of sp³-hybridized carbons (Fsp3) is 0.231. The first-order valence-corrected chi connectivity index (χ1v) is 6.70. The van der Waals surface area contributed by atoms with E-state index in [0.717, 1.165) is 12.5 Å². The molecule has 0 N–H and O–H groups in total. The Morgan fingerprint density at radius 1 is 1.40 bits per heavy atom. The number of nitrogens with zero attached hydrogens (tertiary/aromatic N) is 2. The predicted molar refractivity (Wildman–Crippen MR) is 72.9 cm³/mol. The van der Waals surface area contributed by atoms with Gasteiger partial charge in [0.2, 0.25) is 5.82 Å². The summed E-state index contributed by atoms with van der Waals surface area (Å²) < 4.78 is 33.6. The smallest absolute Gasteiger partial charge is 0.313 e. The Balaban J connectivity index is 2.40. The zero-order valence-electron chi connectivity index (χ0n) is 10.6. The Kier molecular flexibility index (Phi) is 4.49. The molecule has 0 spiro atoms. The highest BCUT2D eigenvalue weighted by molar-refractivity contribution is 9.10. The van der Waals surface area contributed by atoms with Gasteiger partial charge in [0.05, 0.1) is 0 Å². The molecule has 106 valence electrons. The van der Waals surface area contributed by atoms with Crippen LogP contribution in [-0.2, 0) is 6.54 Å². The van der Waals surface area contributed by atoms with Gasteiger partial charge in [0, 0.05) is 23.4 Å². The summed E-state index contributed by atoms with van der Waals surface area (Å²) in [4.78, 5) is 15.7. The van der Waals surface area contributed by atoms with E-state index in [1.54, 1.807) is 0 Å². The highest BCUT2D eigenvalue weighted by Crippen LogP contribution is 2.27. The molecule has 2 rings (SSSR count). The molecule has 7 heteroatoms. The maximum absolute atomic E-state index is 13.6. The minimum absolute atomic E-state index is 0.294. The quantitative estimate of drug-likeness (QED) is 0.797. The van der Waals surface area contributed by atoms with Crippen molar-refractivity contribution in [1.82, 2.24) is 9.55 Å². The van der Waals surface area contributed by atoms with Crippen LogP contribution in [0.1, 0.15) is 13.3 Å².